The molecule has 0 aliphatic carbocycles. The number of aromatic nitrogens is 3. The van der Waals surface area contributed by atoms with Gasteiger partial charge in [-0.2, -0.15) is 0 Å². The van der Waals surface area contributed by atoms with Gasteiger partial charge in [0, 0.05) is 37.8 Å². The zero-order chi connectivity index (χ0) is 18.8. The quantitative estimate of drug-likeness (QED) is 0.779. The number of likely N-dealkylation sites (tertiary alicyclic amines) is 1. The van der Waals surface area contributed by atoms with E-state index in [-0.39, 0.29) is 17.4 Å². The molecule has 2 aromatic heterocycles. The molecule has 6 heteroatoms. The first-order chi connectivity index (χ1) is 13.1. The molecule has 1 aromatic carbocycles. The normalized spacial score (nSPS) is 17.1. The molecule has 3 aromatic rings. The van der Waals surface area contributed by atoms with E-state index in [2.05, 4.69) is 9.97 Å². The summed E-state index contributed by atoms with van der Waals surface area (Å²) >= 11 is 0. The Labute approximate surface area is 157 Å². The van der Waals surface area contributed by atoms with Crippen molar-refractivity contribution in [1.82, 2.24) is 19.4 Å². The van der Waals surface area contributed by atoms with E-state index in [1.165, 1.54) is 12.4 Å². The molecular weight excluding hydrogens is 340 g/mol. The first-order valence-corrected chi connectivity index (χ1v) is 9.18. The molecule has 0 radical (unpaired) electrons. The van der Waals surface area contributed by atoms with Crippen LogP contribution < -0.4 is 5.56 Å². The topological polar surface area (TPSA) is 71.0 Å². The molecule has 0 saturated carbocycles. The van der Waals surface area contributed by atoms with Crippen molar-refractivity contribution in [3.63, 3.8) is 0 Å². The highest BCUT2D eigenvalue weighted by molar-refractivity contribution is 5.94. The highest BCUT2D eigenvalue weighted by Crippen LogP contribution is 2.27. The maximum Gasteiger partial charge on any atom is 0.270 e. The van der Waals surface area contributed by atoms with Gasteiger partial charge < -0.3 is 14.5 Å². The molecule has 1 N–H and O–H groups in total. The molecule has 6 nitrogen and oxygen atoms in total. The van der Waals surface area contributed by atoms with Gasteiger partial charge in [-0.1, -0.05) is 30.3 Å². The van der Waals surface area contributed by atoms with Crippen LogP contribution in [0.25, 0.3) is 11.3 Å². The van der Waals surface area contributed by atoms with Gasteiger partial charge in [-0.15, -0.1) is 0 Å². The van der Waals surface area contributed by atoms with Crippen LogP contribution in [0.4, 0.5) is 0 Å². The highest BCUT2D eigenvalue weighted by Gasteiger charge is 2.28. The highest BCUT2D eigenvalue weighted by atomic mass is 16.2. The monoisotopic (exact) mass is 362 g/mol. The Morgan fingerprint density at radius 2 is 2.00 bits per heavy atom. The molecule has 1 unspecified atom stereocenters. The van der Waals surface area contributed by atoms with E-state index in [4.69, 9.17) is 0 Å². The summed E-state index contributed by atoms with van der Waals surface area (Å²) in [5, 5.41) is 0. The molecule has 138 valence electrons. The minimum absolute atomic E-state index is 0.0224. The average molecular weight is 362 g/mol. The van der Waals surface area contributed by atoms with Crippen molar-refractivity contribution >= 4 is 5.91 Å². The second kappa shape index (κ2) is 7.23. The lowest BCUT2D eigenvalue weighted by Gasteiger charge is -2.32. The third-order valence-electron chi connectivity index (χ3n) is 5.24. The van der Waals surface area contributed by atoms with Gasteiger partial charge in [0.2, 0.25) is 0 Å². The maximum absolute atomic E-state index is 13.1. The largest absolute Gasteiger partial charge is 0.340 e. The van der Waals surface area contributed by atoms with Gasteiger partial charge in [-0.25, -0.2) is 4.98 Å². The number of aromatic amines is 1. The predicted octanol–water partition coefficient (Wildman–Crippen LogP) is 2.80. The van der Waals surface area contributed by atoms with Crippen molar-refractivity contribution in [1.29, 1.82) is 0 Å². The zero-order valence-electron chi connectivity index (χ0n) is 15.3. The first-order valence-electron chi connectivity index (χ1n) is 9.18. The van der Waals surface area contributed by atoms with Crippen LogP contribution in [0, 0.1) is 0 Å². The molecule has 0 spiro atoms. The Balaban J connectivity index is 1.56. The van der Waals surface area contributed by atoms with E-state index >= 15 is 0 Å². The van der Waals surface area contributed by atoms with Crippen molar-refractivity contribution < 1.29 is 4.79 Å². The standard InChI is InChI=1S/C21H22N4O2/c1-24-18(15-6-3-2-4-7-15)9-10-19(24)21(27)25-11-5-8-16(13-25)17-12-20(26)23-14-22-17/h2-4,6-7,9-10,12,14,16H,5,8,11,13H2,1H3,(H,22,23,26). The molecule has 1 amide bonds. The van der Waals surface area contributed by atoms with E-state index in [1.807, 2.05) is 59.0 Å². The van der Waals surface area contributed by atoms with E-state index in [0.29, 0.717) is 12.2 Å². The summed E-state index contributed by atoms with van der Waals surface area (Å²) in [4.78, 5) is 33.4. The minimum atomic E-state index is -0.154. The Bertz CT molecular complexity index is 1010. The number of benzene rings is 1. The summed E-state index contributed by atoms with van der Waals surface area (Å²) in [6.07, 6.45) is 3.27. The molecule has 4 rings (SSSR count). The Hall–Kier alpha value is -3.15. The molecule has 3 heterocycles. The number of piperidine rings is 1. The molecule has 1 atom stereocenters. The maximum atomic E-state index is 13.1. The van der Waals surface area contributed by atoms with E-state index in [0.717, 1.165) is 36.3 Å². The summed E-state index contributed by atoms with van der Waals surface area (Å²) < 4.78 is 1.95. The lowest BCUT2D eigenvalue weighted by Crippen LogP contribution is -2.40. The molecule has 1 aliphatic rings. The summed E-state index contributed by atoms with van der Waals surface area (Å²) in [6, 6.07) is 15.5. The van der Waals surface area contributed by atoms with Crippen LogP contribution >= 0.6 is 0 Å². The molecular formula is C21H22N4O2. The van der Waals surface area contributed by atoms with Crippen LogP contribution in [0.1, 0.15) is 34.9 Å². The van der Waals surface area contributed by atoms with Crippen LogP contribution in [0.2, 0.25) is 0 Å². The van der Waals surface area contributed by atoms with Gasteiger partial charge in [0.15, 0.2) is 0 Å². The molecule has 1 fully saturated rings. The van der Waals surface area contributed by atoms with Crippen LogP contribution in [0.3, 0.4) is 0 Å². The van der Waals surface area contributed by atoms with Gasteiger partial charge in [0.1, 0.15) is 5.69 Å². The Morgan fingerprint density at radius 3 is 2.78 bits per heavy atom. The van der Waals surface area contributed by atoms with Gasteiger partial charge >= 0.3 is 0 Å². The number of hydrogen-bond donors (Lipinski definition) is 1. The van der Waals surface area contributed by atoms with Crippen molar-refractivity contribution in [2.75, 3.05) is 13.1 Å². The molecule has 1 saturated heterocycles. The first kappa shape index (κ1) is 17.3. The van der Waals surface area contributed by atoms with Gasteiger partial charge in [-0.05, 0) is 30.5 Å². The van der Waals surface area contributed by atoms with Gasteiger partial charge in [0.25, 0.3) is 11.5 Å². The second-order valence-corrected chi connectivity index (χ2v) is 6.96. The van der Waals surface area contributed by atoms with E-state index < -0.39 is 0 Å². The van der Waals surface area contributed by atoms with Crippen molar-refractivity contribution in [2.45, 2.75) is 18.8 Å². The molecule has 0 bridgehead atoms. The predicted molar refractivity (Wildman–Crippen MR) is 104 cm³/mol. The number of carbonyl (C=O) groups excluding carboxylic acids is 1. The third-order valence-corrected chi connectivity index (χ3v) is 5.24. The number of rotatable bonds is 3. The van der Waals surface area contributed by atoms with Crippen LogP contribution in [-0.4, -0.2) is 38.4 Å². The third kappa shape index (κ3) is 3.43. The number of H-pyrrole nitrogens is 1. The number of nitrogens with zero attached hydrogens (tertiary/aromatic N) is 3. The number of hydrogen-bond acceptors (Lipinski definition) is 3. The fraction of sp³-hybridized carbons (Fsp3) is 0.286. The van der Waals surface area contributed by atoms with E-state index in [9.17, 15) is 9.59 Å². The SMILES string of the molecule is Cn1c(C(=O)N2CCCC(c3cc(=O)[nH]cn3)C2)ccc1-c1ccccc1. The average Bonchev–Trinajstić information content (AvgIpc) is 3.09. The zero-order valence-corrected chi connectivity index (χ0v) is 15.3. The van der Waals surface area contributed by atoms with Crippen molar-refractivity contribution in [3.05, 3.63) is 76.6 Å². The summed E-state index contributed by atoms with van der Waals surface area (Å²) in [5.74, 6) is 0.119. The van der Waals surface area contributed by atoms with Crippen LogP contribution in [-0.2, 0) is 7.05 Å². The lowest BCUT2D eigenvalue weighted by atomic mass is 9.94. The van der Waals surface area contributed by atoms with Crippen LogP contribution in [0.5, 0.6) is 0 Å². The van der Waals surface area contributed by atoms with Crippen LogP contribution in [0.15, 0.2) is 59.7 Å². The van der Waals surface area contributed by atoms with E-state index in [1.54, 1.807) is 0 Å². The molecule has 1 aliphatic heterocycles. The summed E-state index contributed by atoms with van der Waals surface area (Å²) in [5.41, 5.74) is 3.38. The number of nitrogens with one attached hydrogen (secondary N) is 1. The Kier molecular flexibility index (Phi) is 4.62. The Morgan fingerprint density at radius 1 is 1.19 bits per heavy atom. The van der Waals surface area contributed by atoms with Gasteiger partial charge in [0.05, 0.1) is 12.0 Å². The number of carbonyl (C=O) groups is 1. The molecule has 27 heavy (non-hydrogen) atoms. The van der Waals surface area contributed by atoms with Crippen molar-refractivity contribution in [3.8, 4) is 11.3 Å². The lowest BCUT2D eigenvalue weighted by molar-refractivity contribution is 0.0696. The fourth-order valence-corrected chi connectivity index (χ4v) is 3.80. The fourth-order valence-electron chi connectivity index (χ4n) is 3.80. The number of amides is 1. The minimum Gasteiger partial charge on any atom is -0.340 e. The second-order valence-electron chi connectivity index (χ2n) is 6.96. The van der Waals surface area contributed by atoms with Gasteiger partial charge in [-0.3, -0.25) is 9.59 Å². The summed E-state index contributed by atoms with van der Waals surface area (Å²) in [6.45, 7) is 1.31. The van der Waals surface area contributed by atoms with Crippen molar-refractivity contribution in [2.24, 2.45) is 7.05 Å². The smallest absolute Gasteiger partial charge is 0.270 e. The summed E-state index contributed by atoms with van der Waals surface area (Å²) in [7, 11) is 1.93.